The summed E-state index contributed by atoms with van der Waals surface area (Å²) in [5.41, 5.74) is 1.48. The molecule has 1 aromatic heterocycles. The van der Waals surface area contributed by atoms with Crippen LogP contribution in [0.4, 0.5) is 10.1 Å². The first-order valence-corrected chi connectivity index (χ1v) is 8.71. The summed E-state index contributed by atoms with van der Waals surface area (Å²) in [6.45, 7) is 1.77. The summed E-state index contributed by atoms with van der Waals surface area (Å²) in [5, 5.41) is 9.06. The van der Waals surface area contributed by atoms with E-state index in [1.54, 1.807) is 13.0 Å². The van der Waals surface area contributed by atoms with Crippen molar-refractivity contribution >= 4 is 33.0 Å². The van der Waals surface area contributed by atoms with Crippen LogP contribution in [0.15, 0.2) is 28.5 Å². The minimum absolute atomic E-state index is 0.00256. The molecule has 2 heterocycles. The van der Waals surface area contributed by atoms with E-state index in [1.165, 1.54) is 18.2 Å². The highest BCUT2D eigenvalue weighted by atomic mass is 32.2. The summed E-state index contributed by atoms with van der Waals surface area (Å²) in [7, 11) is -3.88. The Kier molecular flexibility index (Phi) is 3.45. The van der Waals surface area contributed by atoms with Crippen LogP contribution in [0.2, 0.25) is 0 Å². The number of carboxylic acids is 1. The van der Waals surface area contributed by atoms with Crippen LogP contribution in [0.3, 0.4) is 0 Å². The number of nitrogens with zero attached hydrogens (tertiary/aromatic N) is 1. The average Bonchev–Trinajstić information content (AvgIpc) is 3.02. The highest BCUT2D eigenvalue weighted by Gasteiger charge is 2.33. The van der Waals surface area contributed by atoms with Crippen molar-refractivity contribution in [2.24, 2.45) is 0 Å². The van der Waals surface area contributed by atoms with Crippen LogP contribution in [0.1, 0.15) is 20.8 Å². The number of thiophene rings is 1. The van der Waals surface area contributed by atoms with E-state index in [4.69, 9.17) is 5.11 Å². The fourth-order valence-corrected chi connectivity index (χ4v) is 5.46. The van der Waals surface area contributed by atoms with Gasteiger partial charge in [0.15, 0.2) is 0 Å². The zero-order valence-electron chi connectivity index (χ0n) is 11.5. The van der Waals surface area contributed by atoms with Crippen LogP contribution in [-0.2, 0) is 16.4 Å². The molecule has 1 aliphatic rings. The minimum Gasteiger partial charge on any atom is -0.477 e. The predicted molar refractivity (Wildman–Crippen MR) is 80.7 cm³/mol. The third kappa shape index (κ3) is 2.28. The van der Waals surface area contributed by atoms with Gasteiger partial charge in [-0.15, -0.1) is 11.3 Å². The summed E-state index contributed by atoms with van der Waals surface area (Å²) in [4.78, 5) is 11.1. The minimum atomic E-state index is -3.88. The Bertz CT molecular complexity index is 873. The van der Waals surface area contributed by atoms with E-state index in [2.05, 4.69) is 0 Å². The molecule has 3 rings (SSSR count). The highest BCUT2D eigenvalue weighted by molar-refractivity contribution is 7.94. The van der Waals surface area contributed by atoms with Gasteiger partial charge >= 0.3 is 5.97 Å². The zero-order valence-corrected chi connectivity index (χ0v) is 13.2. The van der Waals surface area contributed by atoms with Crippen molar-refractivity contribution in [1.29, 1.82) is 0 Å². The number of rotatable bonds is 3. The van der Waals surface area contributed by atoms with Gasteiger partial charge in [0.1, 0.15) is 14.9 Å². The van der Waals surface area contributed by atoms with E-state index in [9.17, 15) is 17.6 Å². The molecule has 0 unspecified atom stereocenters. The SMILES string of the molecule is Cc1cc(S(=O)(=O)N2CCc3ccc(F)cc32)sc1C(=O)O. The summed E-state index contributed by atoms with van der Waals surface area (Å²) in [6.07, 6.45) is 0.505. The number of hydrogen-bond acceptors (Lipinski definition) is 4. The number of anilines is 1. The van der Waals surface area contributed by atoms with Gasteiger partial charge in [-0.3, -0.25) is 4.31 Å². The molecule has 0 spiro atoms. The number of fused-ring (bicyclic) bond motifs is 1. The maximum Gasteiger partial charge on any atom is 0.346 e. The van der Waals surface area contributed by atoms with Gasteiger partial charge in [-0.2, -0.15) is 0 Å². The molecule has 2 aromatic rings. The fourth-order valence-electron chi connectivity index (χ4n) is 2.47. The highest BCUT2D eigenvalue weighted by Crippen LogP contribution is 2.36. The van der Waals surface area contributed by atoms with Crippen LogP contribution in [0, 0.1) is 12.7 Å². The number of aromatic carboxylic acids is 1. The largest absolute Gasteiger partial charge is 0.477 e. The topological polar surface area (TPSA) is 74.7 Å². The average molecular weight is 341 g/mol. The summed E-state index contributed by atoms with van der Waals surface area (Å²) < 4.78 is 39.9. The summed E-state index contributed by atoms with van der Waals surface area (Å²) >= 11 is 0.717. The van der Waals surface area contributed by atoms with Crippen molar-refractivity contribution in [3.63, 3.8) is 0 Å². The van der Waals surface area contributed by atoms with E-state index in [-0.39, 0.29) is 15.6 Å². The summed E-state index contributed by atoms with van der Waals surface area (Å²) in [5.74, 6) is -1.66. The van der Waals surface area contributed by atoms with E-state index < -0.39 is 21.8 Å². The van der Waals surface area contributed by atoms with Crippen LogP contribution >= 0.6 is 11.3 Å². The monoisotopic (exact) mass is 341 g/mol. The predicted octanol–water partition coefficient (Wildman–Crippen LogP) is 2.65. The van der Waals surface area contributed by atoms with Gasteiger partial charge in [-0.25, -0.2) is 17.6 Å². The second-order valence-corrected chi connectivity index (χ2v) is 8.12. The molecule has 1 aliphatic heterocycles. The Hall–Kier alpha value is -1.93. The smallest absolute Gasteiger partial charge is 0.346 e. The zero-order chi connectivity index (χ0) is 16.1. The van der Waals surface area contributed by atoms with Crippen molar-refractivity contribution < 1.29 is 22.7 Å². The van der Waals surface area contributed by atoms with Gasteiger partial charge < -0.3 is 5.11 Å². The maximum atomic E-state index is 13.4. The van der Waals surface area contributed by atoms with Gasteiger partial charge in [0.2, 0.25) is 0 Å². The number of carboxylic acid groups (broad SMARTS) is 1. The molecule has 0 saturated heterocycles. The third-order valence-corrected chi connectivity index (χ3v) is 7.02. The molecular weight excluding hydrogens is 329 g/mol. The molecule has 8 heteroatoms. The van der Waals surface area contributed by atoms with Crippen LogP contribution in [0.5, 0.6) is 0 Å². The Labute approximate surface area is 130 Å². The van der Waals surface area contributed by atoms with Gasteiger partial charge in [0.25, 0.3) is 10.0 Å². The molecule has 0 aliphatic carbocycles. The number of halogens is 1. The third-order valence-electron chi connectivity index (χ3n) is 3.53. The molecule has 1 N–H and O–H groups in total. The molecule has 22 heavy (non-hydrogen) atoms. The molecular formula is C14H12FNO4S2. The second-order valence-electron chi connectivity index (χ2n) is 4.98. The molecule has 0 radical (unpaired) electrons. The lowest BCUT2D eigenvalue weighted by atomic mass is 10.2. The molecule has 5 nitrogen and oxygen atoms in total. The number of hydrogen-bond donors (Lipinski definition) is 1. The lowest BCUT2D eigenvalue weighted by Gasteiger charge is -2.18. The molecule has 0 saturated carbocycles. The van der Waals surface area contributed by atoms with Crippen molar-refractivity contribution in [1.82, 2.24) is 0 Å². The number of carbonyl (C=O) groups is 1. The quantitative estimate of drug-likeness (QED) is 0.931. The van der Waals surface area contributed by atoms with Gasteiger partial charge in [0, 0.05) is 6.54 Å². The standard InChI is InChI=1S/C14H12FNO4S2/c1-8-6-12(21-13(8)14(17)18)22(19,20)16-5-4-9-2-3-10(15)7-11(9)16/h2-3,6-7H,4-5H2,1H3,(H,17,18). The molecule has 1 aromatic carbocycles. The van der Waals surface area contributed by atoms with Gasteiger partial charge in [0.05, 0.1) is 5.69 Å². The van der Waals surface area contributed by atoms with E-state index in [1.807, 2.05) is 0 Å². The van der Waals surface area contributed by atoms with Crippen molar-refractivity contribution in [3.05, 3.63) is 46.1 Å². The first-order valence-electron chi connectivity index (χ1n) is 6.45. The van der Waals surface area contributed by atoms with E-state index in [0.717, 1.165) is 21.2 Å². The first kappa shape index (κ1) is 15.0. The Morgan fingerprint density at radius 3 is 2.73 bits per heavy atom. The van der Waals surface area contributed by atoms with Crippen molar-refractivity contribution in [3.8, 4) is 0 Å². The maximum absolute atomic E-state index is 13.4. The van der Waals surface area contributed by atoms with Crippen LogP contribution in [-0.4, -0.2) is 26.0 Å². The van der Waals surface area contributed by atoms with Crippen molar-refractivity contribution in [2.45, 2.75) is 17.6 Å². The lowest BCUT2D eigenvalue weighted by Crippen LogP contribution is -2.28. The van der Waals surface area contributed by atoms with Gasteiger partial charge in [-0.1, -0.05) is 6.07 Å². The molecule has 116 valence electrons. The molecule has 0 atom stereocenters. The lowest BCUT2D eigenvalue weighted by molar-refractivity contribution is 0.0701. The second kappa shape index (κ2) is 5.06. The van der Waals surface area contributed by atoms with Crippen LogP contribution < -0.4 is 4.31 Å². The van der Waals surface area contributed by atoms with E-state index >= 15 is 0 Å². The Morgan fingerprint density at radius 2 is 2.09 bits per heavy atom. The normalized spacial score (nSPS) is 14.2. The van der Waals surface area contributed by atoms with Crippen LogP contribution in [0.25, 0.3) is 0 Å². The van der Waals surface area contributed by atoms with E-state index in [0.29, 0.717) is 17.7 Å². The number of benzene rings is 1. The Morgan fingerprint density at radius 1 is 1.36 bits per heavy atom. The summed E-state index contributed by atoms with van der Waals surface area (Å²) in [6, 6.07) is 5.41. The van der Waals surface area contributed by atoms with Gasteiger partial charge in [-0.05, 0) is 42.7 Å². The number of sulfonamides is 1. The molecule has 0 fully saturated rings. The first-order chi connectivity index (χ1) is 10.3. The van der Waals surface area contributed by atoms with Crippen molar-refractivity contribution in [2.75, 3.05) is 10.8 Å². The molecule has 0 amide bonds. The fraction of sp³-hybridized carbons (Fsp3) is 0.214. The Balaban J connectivity index is 2.08. The number of aryl methyl sites for hydroxylation is 1. The molecule has 0 bridgehead atoms.